The zero-order valence-corrected chi connectivity index (χ0v) is 70.4. The highest BCUT2D eigenvalue weighted by Gasteiger charge is 2.46. The van der Waals surface area contributed by atoms with E-state index in [0.29, 0.717) is 69.7 Å². The van der Waals surface area contributed by atoms with Crippen LogP contribution in [0.3, 0.4) is 0 Å². The molecule has 16 nitrogen and oxygen atoms in total. The number of piperidine rings is 3. The van der Waals surface area contributed by atoms with Crippen molar-refractivity contribution in [1.82, 2.24) is 25.3 Å². The lowest BCUT2D eigenvalue weighted by Crippen LogP contribution is -2.48. The van der Waals surface area contributed by atoms with Crippen LogP contribution in [0.5, 0.6) is 0 Å². The van der Waals surface area contributed by atoms with E-state index in [1.54, 1.807) is 30.7 Å². The molecule has 3 saturated heterocycles. The number of nitrogens with two attached hydrogens (primary N) is 1. The highest BCUT2D eigenvalue weighted by molar-refractivity contribution is 5.83. The smallest absolute Gasteiger partial charge is 0.409 e. The molecule has 3 amide bonds. The van der Waals surface area contributed by atoms with Gasteiger partial charge >= 0.3 is 6.09 Å². The summed E-state index contributed by atoms with van der Waals surface area (Å²) in [6, 6.07) is 34.0. The molecule has 3 aromatic heterocycles. The Morgan fingerprint density at radius 2 is 0.947 bits per heavy atom. The number of furan rings is 3. The second-order valence-corrected chi connectivity index (χ2v) is 35.3. The summed E-state index contributed by atoms with van der Waals surface area (Å²) in [7, 11) is 3.75. The minimum atomic E-state index is -0.986. The minimum Gasteiger partial charge on any atom is -0.464 e. The maximum atomic E-state index is 13.5. The maximum Gasteiger partial charge on any atom is 0.409 e. The van der Waals surface area contributed by atoms with E-state index in [1.807, 2.05) is 110 Å². The molecule has 6 heterocycles. The van der Waals surface area contributed by atoms with Crippen LogP contribution in [-0.4, -0.2) is 120 Å². The lowest BCUT2D eigenvalue weighted by atomic mass is 9.73. The van der Waals surface area contributed by atoms with E-state index >= 15 is 0 Å². The molecule has 0 radical (unpaired) electrons. The first-order valence-corrected chi connectivity index (χ1v) is 45.2. The number of unbranched alkanes of at least 4 members (excludes halogenated alkanes) is 6. The van der Waals surface area contributed by atoms with Gasteiger partial charge < -0.3 is 64.4 Å². The Kier molecular flexibility index (Phi) is 36.0. The van der Waals surface area contributed by atoms with Gasteiger partial charge in [0.25, 0.3) is 0 Å². The number of nitrogens with one attached hydrogen (secondary N) is 2. The van der Waals surface area contributed by atoms with Crippen molar-refractivity contribution < 1.29 is 47.7 Å². The average molecular weight is 1560 g/mol. The molecule has 4 aromatic carbocycles. The molecule has 16 heteroatoms. The third-order valence-electron chi connectivity index (χ3n) is 26.7. The monoisotopic (exact) mass is 1560 g/mol. The predicted molar refractivity (Wildman–Crippen MR) is 459 cm³/mol. The Labute approximate surface area is 678 Å². The molecular weight excluding hydrogens is 1410 g/mol. The number of hydrogen-bond acceptors (Lipinski definition) is 13. The normalized spacial score (nSPS) is 20.9. The van der Waals surface area contributed by atoms with Gasteiger partial charge in [-0.1, -0.05) is 260 Å². The van der Waals surface area contributed by atoms with Gasteiger partial charge in [0.15, 0.2) is 0 Å². The van der Waals surface area contributed by atoms with Crippen LogP contribution in [0.4, 0.5) is 4.79 Å². The molecule has 13 rings (SSSR count). The minimum absolute atomic E-state index is 0.0188. The van der Waals surface area contributed by atoms with Gasteiger partial charge in [0.1, 0.15) is 23.4 Å². The highest BCUT2D eigenvalue weighted by Crippen LogP contribution is 2.47. The molecule has 9 atom stereocenters. The SMILES string of the molecule is CCCCC[C@@](O)(c1cccc2ccoc12)C1CCCNC1.CCCCC[C@@](O)(c1cccc2ccoc12)[C@@H]1CCCN(C(=O)C[C@H](CCC)CC2CCCC2)C1.CCCCC[C@@](O)(c1cccc2ccoc12)[C@@H]1CCCN(C(=O)C[C@H](CNC)CC2CCCC2)C1.CN(C[C@@H](N)CC1CCCC1)C(=O)OCc1ccccc1. The van der Waals surface area contributed by atoms with Gasteiger partial charge in [-0.05, 0) is 151 Å². The molecule has 0 spiro atoms. The van der Waals surface area contributed by atoms with Crippen molar-refractivity contribution in [2.24, 2.45) is 53.1 Å². The van der Waals surface area contributed by atoms with E-state index in [-0.39, 0.29) is 35.8 Å². The van der Waals surface area contributed by atoms with Crippen molar-refractivity contribution in [3.05, 3.63) is 144 Å². The molecule has 7 N–H and O–H groups in total. The average Bonchev–Trinajstić information content (AvgIpc) is 1.76. The molecule has 6 fully saturated rings. The van der Waals surface area contributed by atoms with Gasteiger partial charge in [-0.25, -0.2) is 4.79 Å². The summed E-state index contributed by atoms with van der Waals surface area (Å²) in [5, 5.41) is 46.2. The number of likely N-dealkylation sites (N-methyl/N-ethyl adjacent to an activating group) is 1. The van der Waals surface area contributed by atoms with Crippen LogP contribution in [-0.2, 0) is 37.7 Å². The number of nitrogens with zero attached hydrogens (tertiary/aromatic N) is 3. The number of hydrogen-bond donors (Lipinski definition) is 6. The number of aliphatic hydroxyl groups is 3. The van der Waals surface area contributed by atoms with Crippen LogP contribution in [0.2, 0.25) is 0 Å². The van der Waals surface area contributed by atoms with Crippen LogP contribution >= 0.6 is 0 Å². The molecule has 0 bridgehead atoms. The summed E-state index contributed by atoms with van der Waals surface area (Å²) in [5.41, 5.74) is 9.61. The number of para-hydroxylation sites is 3. The second-order valence-electron chi connectivity index (χ2n) is 35.3. The van der Waals surface area contributed by atoms with Gasteiger partial charge in [-0.2, -0.15) is 0 Å². The summed E-state index contributed by atoms with van der Waals surface area (Å²) in [5.74, 6) is 4.14. The maximum absolute atomic E-state index is 13.5. The van der Waals surface area contributed by atoms with Gasteiger partial charge in [0.2, 0.25) is 11.8 Å². The quantitative estimate of drug-likeness (QED) is 0.0202. The Hall–Kier alpha value is -6.53. The second kappa shape index (κ2) is 45.8. The third-order valence-corrected chi connectivity index (χ3v) is 26.7. The Morgan fingerprint density at radius 1 is 0.522 bits per heavy atom. The van der Waals surface area contributed by atoms with Gasteiger partial charge in [0, 0.05) is 116 Å². The van der Waals surface area contributed by atoms with Crippen LogP contribution < -0.4 is 16.4 Å². The van der Waals surface area contributed by atoms with Gasteiger partial charge in [-0.15, -0.1) is 0 Å². The molecule has 3 aliphatic carbocycles. The fourth-order valence-corrected chi connectivity index (χ4v) is 20.5. The summed E-state index contributed by atoms with van der Waals surface area (Å²) in [6.07, 6.45) is 45.8. The number of carbonyl (C=O) groups is 3. The van der Waals surface area contributed by atoms with Crippen LogP contribution in [0.1, 0.15) is 288 Å². The number of ether oxygens (including phenoxy) is 1. The lowest BCUT2D eigenvalue weighted by Gasteiger charge is -2.43. The number of amides is 3. The Bertz CT molecular complexity index is 3710. The zero-order chi connectivity index (χ0) is 79.8. The zero-order valence-electron chi connectivity index (χ0n) is 70.4. The number of fused-ring (bicyclic) bond motifs is 3. The largest absolute Gasteiger partial charge is 0.464 e. The van der Waals surface area contributed by atoms with Crippen molar-refractivity contribution in [2.45, 2.75) is 295 Å². The highest BCUT2D eigenvalue weighted by atomic mass is 16.6. The van der Waals surface area contributed by atoms with Gasteiger partial charge in [-0.3, -0.25) is 9.59 Å². The molecule has 3 saturated carbocycles. The first-order valence-electron chi connectivity index (χ1n) is 45.2. The lowest BCUT2D eigenvalue weighted by molar-refractivity contribution is -0.138. The van der Waals surface area contributed by atoms with E-state index in [9.17, 15) is 29.7 Å². The molecule has 6 aliphatic rings. The summed E-state index contributed by atoms with van der Waals surface area (Å²) in [6.45, 7) is 15.5. The van der Waals surface area contributed by atoms with Crippen LogP contribution in [0.25, 0.3) is 32.9 Å². The summed E-state index contributed by atoms with van der Waals surface area (Å²) in [4.78, 5) is 44.7. The van der Waals surface area contributed by atoms with Crippen molar-refractivity contribution >= 4 is 50.8 Å². The van der Waals surface area contributed by atoms with E-state index in [2.05, 4.69) is 48.1 Å². The number of rotatable bonds is 36. The first-order chi connectivity index (χ1) is 55.0. The molecule has 624 valence electrons. The van der Waals surface area contributed by atoms with E-state index < -0.39 is 16.8 Å². The molecule has 1 unspecified atom stereocenters. The van der Waals surface area contributed by atoms with Crippen LogP contribution in [0, 0.1) is 47.3 Å². The van der Waals surface area contributed by atoms with Gasteiger partial charge in [0.05, 0.1) is 35.6 Å². The van der Waals surface area contributed by atoms with Crippen molar-refractivity contribution in [3.63, 3.8) is 0 Å². The van der Waals surface area contributed by atoms with Crippen molar-refractivity contribution in [1.29, 1.82) is 0 Å². The number of carbonyl (C=O) groups excluding carboxylic acids is 3. The van der Waals surface area contributed by atoms with Crippen LogP contribution in [0.15, 0.2) is 135 Å². The number of likely N-dealkylation sites (tertiary alicyclic amines) is 2. The molecule has 113 heavy (non-hydrogen) atoms. The van der Waals surface area contributed by atoms with E-state index in [1.165, 1.54) is 89.9 Å². The standard InChI is InChI=1S/C31H47NO3.C30H46N2O3.C19H27NO2.C17H26N2O2/c1-3-5-8-18-31(34,28-16-9-14-26-17-20-35-30(26)28)27-15-10-19-32(23-27)29(33)22-25(11-4-2)21-24-12-6-7-13-24;1-3-4-7-16-30(34,27-14-8-12-25-15-18-35-29(25)27)26-13-9-17-32(22-26)28(33)20-24(21-31-2)19-23-10-5-6-11-23;1-2-3-4-11-19(21,16-8-6-12-20-14-16)17-9-5-7-15-10-13-22-18(15)17;1-19(12-16(18)11-14-7-5-6-8-14)17(20)21-13-15-9-3-2-4-10-15/h9,14,16-17,20,24-25,27,34H,3-8,10-13,15,18-19,21-23H2,1-2H3;8,12,14-15,18,23-24,26,31,34H,3-7,9-11,13,16-17,19-22H2,1-2H3;5,7,9-10,13,16,20-21H,2-4,6,8,11-12,14H2,1H3;2-4,9-10,14,16H,5-8,11-13,18H2,1H3/t25-,27-,31+;24-,26-,30+;16?,19-;16-/m1100/s1. The van der Waals surface area contributed by atoms with Crippen molar-refractivity contribution in [2.75, 3.05) is 66.5 Å². The van der Waals surface area contributed by atoms with E-state index in [4.69, 9.17) is 23.7 Å². The fraction of sp³-hybridized carbons (Fsp3) is 0.660. The topological polar surface area (TPSA) is 220 Å². The molecule has 7 aromatic rings. The van der Waals surface area contributed by atoms with E-state index in [0.717, 1.165) is 228 Å². The third kappa shape index (κ3) is 25.2. The Morgan fingerprint density at radius 3 is 1.37 bits per heavy atom. The predicted octanol–water partition coefficient (Wildman–Crippen LogP) is 21.4. The fourth-order valence-electron chi connectivity index (χ4n) is 20.5. The summed E-state index contributed by atoms with van der Waals surface area (Å²) < 4.78 is 22.7. The molecule has 3 aliphatic heterocycles. The van der Waals surface area contributed by atoms with Crippen molar-refractivity contribution in [3.8, 4) is 0 Å². The first kappa shape index (κ1) is 88.8. The molecular formula is C97H146N6O10. The summed E-state index contributed by atoms with van der Waals surface area (Å²) >= 11 is 0. The number of benzene rings is 4. The Balaban J connectivity index is 0.000000164.